The number of phenols is 1. The van der Waals surface area contributed by atoms with Crippen LogP contribution in [0.1, 0.15) is 10.4 Å². The number of nitrogens with one attached hydrogen (secondary N) is 1. The van der Waals surface area contributed by atoms with Crippen molar-refractivity contribution >= 4 is 11.6 Å². The van der Waals surface area contributed by atoms with Crippen molar-refractivity contribution in [3.63, 3.8) is 0 Å². The van der Waals surface area contributed by atoms with Gasteiger partial charge in [-0.2, -0.15) is 0 Å². The van der Waals surface area contributed by atoms with E-state index in [4.69, 9.17) is 4.74 Å². The molecular weight excluding hydrogens is 251 g/mol. The fourth-order valence-corrected chi connectivity index (χ4v) is 1.46. The van der Waals surface area contributed by atoms with Gasteiger partial charge in [-0.1, -0.05) is 0 Å². The van der Waals surface area contributed by atoms with E-state index < -0.39 is 11.7 Å². The second kappa shape index (κ2) is 5.34. The van der Waals surface area contributed by atoms with Crippen LogP contribution >= 0.6 is 0 Å². The summed E-state index contributed by atoms with van der Waals surface area (Å²) in [5, 5.41) is 12.0. The maximum absolute atomic E-state index is 13.0. The van der Waals surface area contributed by atoms with Gasteiger partial charge < -0.3 is 15.2 Å². The third kappa shape index (κ3) is 2.98. The number of nitrogens with zero attached hydrogens (tertiary/aromatic N) is 1. The Bertz CT molecular complexity index is 599. The number of anilines is 1. The van der Waals surface area contributed by atoms with Gasteiger partial charge in [0.15, 0.2) is 0 Å². The number of rotatable bonds is 3. The molecule has 2 rings (SSSR count). The van der Waals surface area contributed by atoms with Crippen LogP contribution in [0.5, 0.6) is 11.6 Å². The number of hydrogen-bond donors (Lipinski definition) is 2. The van der Waals surface area contributed by atoms with E-state index in [9.17, 15) is 14.3 Å². The van der Waals surface area contributed by atoms with Crippen LogP contribution in [-0.2, 0) is 0 Å². The van der Waals surface area contributed by atoms with E-state index in [0.29, 0.717) is 11.6 Å². The Kier molecular flexibility index (Phi) is 3.61. The fourth-order valence-electron chi connectivity index (χ4n) is 1.46. The van der Waals surface area contributed by atoms with Gasteiger partial charge in [-0.05, 0) is 24.3 Å². The largest absolute Gasteiger partial charge is 0.507 e. The summed E-state index contributed by atoms with van der Waals surface area (Å²) >= 11 is 0. The number of benzene rings is 1. The lowest BCUT2D eigenvalue weighted by Crippen LogP contribution is -2.12. The summed E-state index contributed by atoms with van der Waals surface area (Å²) in [6, 6.07) is 6.31. The number of ether oxygens (including phenoxy) is 1. The highest BCUT2D eigenvalue weighted by Gasteiger charge is 2.12. The molecule has 19 heavy (non-hydrogen) atoms. The van der Waals surface area contributed by atoms with Crippen LogP contribution in [0.3, 0.4) is 0 Å². The van der Waals surface area contributed by atoms with Crippen LogP contribution in [0.4, 0.5) is 10.1 Å². The second-order valence-corrected chi connectivity index (χ2v) is 3.70. The lowest BCUT2D eigenvalue weighted by Gasteiger charge is -2.07. The molecular formula is C13H11FN2O3. The summed E-state index contributed by atoms with van der Waals surface area (Å²) in [7, 11) is 1.48. The van der Waals surface area contributed by atoms with Crippen molar-refractivity contribution in [1.82, 2.24) is 4.98 Å². The molecule has 0 fully saturated rings. The normalized spacial score (nSPS) is 10.0. The van der Waals surface area contributed by atoms with Crippen LogP contribution in [0.15, 0.2) is 36.5 Å². The summed E-state index contributed by atoms with van der Waals surface area (Å²) in [6.45, 7) is 0. The van der Waals surface area contributed by atoms with Crippen LogP contribution in [0.2, 0.25) is 0 Å². The third-order valence-electron chi connectivity index (χ3n) is 2.41. The molecule has 0 aliphatic rings. The summed E-state index contributed by atoms with van der Waals surface area (Å²) in [5.41, 5.74) is 0.269. The Balaban J connectivity index is 2.18. The van der Waals surface area contributed by atoms with E-state index in [0.717, 1.165) is 18.2 Å². The minimum Gasteiger partial charge on any atom is -0.507 e. The van der Waals surface area contributed by atoms with Crippen LogP contribution < -0.4 is 10.1 Å². The van der Waals surface area contributed by atoms with E-state index in [1.165, 1.54) is 13.3 Å². The molecule has 0 atom stereocenters. The number of aromatic nitrogens is 1. The van der Waals surface area contributed by atoms with Gasteiger partial charge in [-0.25, -0.2) is 9.37 Å². The summed E-state index contributed by atoms with van der Waals surface area (Å²) in [4.78, 5) is 15.8. The lowest BCUT2D eigenvalue weighted by molar-refractivity contribution is 0.102. The highest BCUT2D eigenvalue weighted by Crippen LogP contribution is 2.20. The van der Waals surface area contributed by atoms with Crippen molar-refractivity contribution in [2.24, 2.45) is 0 Å². The highest BCUT2D eigenvalue weighted by atomic mass is 19.1. The number of halogens is 1. The number of hydrogen-bond acceptors (Lipinski definition) is 4. The molecule has 0 saturated heterocycles. The summed E-state index contributed by atoms with van der Waals surface area (Å²) in [5.74, 6) is -1.10. The van der Waals surface area contributed by atoms with E-state index in [1.807, 2.05) is 0 Å². The smallest absolute Gasteiger partial charge is 0.259 e. The van der Waals surface area contributed by atoms with Crippen molar-refractivity contribution < 1.29 is 19.0 Å². The molecule has 0 saturated carbocycles. The van der Waals surface area contributed by atoms with Gasteiger partial charge in [-0.15, -0.1) is 0 Å². The molecule has 1 aromatic heterocycles. The number of methoxy groups -OCH3 is 1. The molecule has 0 radical (unpaired) electrons. The van der Waals surface area contributed by atoms with Crippen molar-refractivity contribution in [3.05, 3.63) is 47.9 Å². The molecule has 2 aromatic rings. The minimum atomic E-state index is -0.621. The molecule has 0 spiro atoms. The lowest BCUT2D eigenvalue weighted by atomic mass is 10.2. The van der Waals surface area contributed by atoms with Gasteiger partial charge in [0.2, 0.25) is 5.88 Å². The van der Waals surface area contributed by atoms with Gasteiger partial charge in [0, 0.05) is 6.07 Å². The van der Waals surface area contributed by atoms with Crippen molar-refractivity contribution in [1.29, 1.82) is 0 Å². The zero-order valence-electron chi connectivity index (χ0n) is 10.1. The molecule has 5 nitrogen and oxygen atoms in total. The van der Waals surface area contributed by atoms with Crippen molar-refractivity contribution in [2.45, 2.75) is 0 Å². The first kappa shape index (κ1) is 12.8. The average Bonchev–Trinajstić information content (AvgIpc) is 2.42. The number of aromatic hydroxyl groups is 1. The molecule has 0 unspecified atom stereocenters. The third-order valence-corrected chi connectivity index (χ3v) is 2.41. The van der Waals surface area contributed by atoms with Crippen molar-refractivity contribution in [2.75, 3.05) is 12.4 Å². The maximum atomic E-state index is 13.0. The molecule has 2 N–H and O–H groups in total. The van der Waals surface area contributed by atoms with E-state index >= 15 is 0 Å². The van der Waals surface area contributed by atoms with Gasteiger partial charge >= 0.3 is 0 Å². The molecule has 1 heterocycles. The first-order valence-electron chi connectivity index (χ1n) is 5.40. The van der Waals surface area contributed by atoms with Gasteiger partial charge in [-0.3, -0.25) is 4.79 Å². The predicted molar refractivity (Wildman–Crippen MR) is 66.8 cm³/mol. The number of phenolic OH excluding ortho intramolecular Hbond substituents is 1. The Hall–Kier alpha value is -2.63. The topological polar surface area (TPSA) is 71.5 Å². The van der Waals surface area contributed by atoms with Crippen LogP contribution in [-0.4, -0.2) is 23.1 Å². The van der Waals surface area contributed by atoms with E-state index in [1.54, 1.807) is 12.1 Å². The first-order chi connectivity index (χ1) is 9.10. The quantitative estimate of drug-likeness (QED) is 0.889. The number of carbonyl (C=O) groups is 1. The minimum absolute atomic E-state index is 0.143. The zero-order valence-corrected chi connectivity index (χ0v) is 10.1. The van der Waals surface area contributed by atoms with E-state index in [-0.39, 0.29) is 11.3 Å². The first-order valence-corrected chi connectivity index (χ1v) is 5.40. The average molecular weight is 262 g/mol. The maximum Gasteiger partial charge on any atom is 0.259 e. The van der Waals surface area contributed by atoms with Crippen LogP contribution in [0.25, 0.3) is 0 Å². The molecule has 0 bridgehead atoms. The standard InChI is InChI=1S/C13H11FN2O3/c1-19-12-5-3-9(7-15-12)16-13(18)10-6-8(14)2-4-11(10)17/h2-7,17H,1H3,(H,16,18). The molecule has 1 amide bonds. The molecule has 98 valence electrons. The highest BCUT2D eigenvalue weighted by molar-refractivity contribution is 6.06. The number of pyridine rings is 1. The Morgan fingerprint density at radius 1 is 1.37 bits per heavy atom. The number of amides is 1. The monoisotopic (exact) mass is 262 g/mol. The zero-order chi connectivity index (χ0) is 13.8. The van der Waals surface area contributed by atoms with Crippen LogP contribution in [0, 0.1) is 5.82 Å². The van der Waals surface area contributed by atoms with Gasteiger partial charge in [0.05, 0.1) is 24.6 Å². The van der Waals surface area contributed by atoms with E-state index in [2.05, 4.69) is 10.3 Å². The Morgan fingerprint density at radius 3 is 2.79 bits per heavy atom. The predicted octanol–water partition coefficient (Wildman–Crippen LogP) is 2.19. The molecule has 0 aliphatic heterocycles. The fraction of sp³-hybridized carbons (Fsp3) is 0.0769. The molecule has 1 aromatic carbocycles. The van der Waals surface area contributed by atoms with Crippen molar-refractivity contribution in [3.8, 4) is 11.6 Å². The van der Waals surface area contributed by atoms with Gasteiger partial charge in [0.25, 0.3) is 5.91 Å². The second-order valence-electron chi connectivity index (χ2n) is 3.70. The Morgan fingerprint density at radius 2 is 2.16 bits per heavy atom. The Labute approximate surface area is 108 Å². The summed E-state index contributed by atoms with van der Waals surface area (Å²) in [6.07, 6.45) is 1.40. The van der Waals surface area contributed by atoms with Gasteiger partial charge in [0.1, 0.15) is 11.6 Å². The molecule has 0 aliphatic carbocycles. The summed E-state index contributed by atoms with van der Waals surface area (Å²) < 4.78 is 17.9. The SMILES string of the molecule is COc1ccc(NC(=O)c2cc(F)ccc2O)cn1. The molecule has 6 heteroatoms. The number of carbonyl (C=O) groups excluding carboxylic acids is 1.